The number of esters is 1. The number of carbonyl (C=O) groups excluding carboxylic acids is 2. The van der Waals surface area contributed by atoms with Crippen LogP contribution in [0.25, 0.3) is 11.1 Å². The second-order valence-corrected chi connectivity index (χ2v) is 7.55. The average Bonchev–Trinajstić information content (AvgIpc) is 2.81. The molecule has 0 spiro atoms. The van der Waals surface area contributed by atoms with E-state index in [2.05, 4.69) is 5.32 Å². The maximum atomic E-state index is 12.3. The molecule has 0 aliphatic rings. The highest BCUT2D eigenvalue weighted by Gasteiger charge is 2.25. The van der Waals surface area contributed by atoms with Crippen molar-refractivity contribution in [1.29, 1.82) is 0 Å². The molecule has 2 rings (SSSR count). The molecule has 1 N–H and O–H groups in total. The summed E-state index contributed by atoms with van der Waals surface area (Å²) in [5.41, 5.74) is 1.94. The molecule has 0 aliphatic carbocycles. The number of hydrogen-bond donors (Lipinski definition) is 1. The number of methoxy groups -OCH3 is 1. The Morgan fingerprint density at radius 1 is 1.33 bits per heavy atom. The molecule has 128 valence electrons. The van der Waals surface area contributed by atoms with E-state index in [1.807, 2.05) is 32.9 Å². The molecule has 0 saturated heterocycles. The van der Waals surface area contributed by atoms with Gasteiger partial charge in [0, 0.05) is 21.9 Å². The van der Waals surface area contributed by atoms with Crippen LogP contribution < -0.4 is 5.32 Å². The number of rotatable bonds is 5. The molecule has 24 heavy (non-hydrogen) atoms. The molecule has 6 heteroatoms. The molecule has 0 atom stereocenters. The molecule has 0 unspecified atom stereocenters. The quantitative estimate of drug-likeness (QED) is 0.745. The molecule has 0 saturated carbocycles. The van der Waals surface area contributed by atoms with Gasteiger partial charge in [-0.1, -0.05) is 37.6 Å². The van der Waals surface area contributed by atoms with Crippen molar-refractivity contribution < 1.29 is 14.3 Å². The van der Waals surface area contributed by atoms with Gasteiger partial charge in [-0.3, -0.25) is 4.79 Å². The Morgan fingerprint density at radius 2 is 2.04 bits per heavy atom. The van der Waals surface area contributed by atoms with Crippen LogP contribution in [0.15, 0.2) is 24.3 Å². The van der Waals surface area contributed by atoms with Crippen LogP contribution in [0, 0.1) is 12.8 Å². The van der Waals surface area contributed by atoms with Crippen molar-refractivity contribution in [2.75, 3.05) is 12.4 Å². The van der Waals surface area contributed by atoms with E-state index in [4.69, 9.17) is 16.3 Å². The standard InChI is InChI=1S/C18H20ClNO3S/c1-10(2)8-14(21)20-17-16(18(22)23-4)15(11(3)24-17)12-6-5-7-13(19)9-12/h5-7,9-10H,8H2,1-4H3,(H,20,21). The minimum absolute atomic E-state index is 0.117. The van der Waals surface area contributed by atoms with Crippen molar-refractivity contribution in [3.63, 3.8) is 0 Å². The van der Waals surface area contributed by atoms with Crippen molar-refractivity contribution in [3.05, 3.63) is 39.7 Å². The molecule has 0 aliphatic heterocycles. The molecular formula is C18H20ClNO3S. The summed E-state index contributed by atoms with van der Waals surface area (Å²) in [6.45, 7) is 5.85. The zero-order chi connectivity index (χ0) is 17.9. The van der Waals surface area contributed by atoms with Crippen LogP contribution in [-0.4, -0.2) is 19.0 Å². The third kappa shape index (κ3) is 4.16. The van der Waals surface area contributed by atoms with Crippen molar-refractivity contribution in [2.24, 2.45) is 5.92 Å². The van der Waals surface area contributed by atoms with Crippen molar-refractivity contribution >= 4 is 39.8 Å². The van der Waals surface area contributed by atoms with E-state index in [-0.39, 0.29) is 11.8 Å². The van der Waals surface area contributed by atoms with Crippen LogP contribution in [0.2, 0.25) is 5.02 Å². The molecule has 1 heterocycles. The Labute approximate surface area is 150 Å². The summed E-state index contributed by atoms with van der Waals surface area (Å²) >= 11 is 7.44. The number of hydrogen-bond acceptors (Lipinski definition) is 4. The lowest BCUT2D eigenvalue weighted by Crippen LogP contribution is -2.15. The van der Waals surface area contributed by atoms with Gasteiger partial charge in [-0.05, 0) is 30.5 Å². The van der Waals surface area contributed by atoms with E-state index < -0.39 is 5.97 Å². The van der Waals surface area contributed by atoms with E-state index >= 15 is 0 Å². The van der Waals surface area contributed by atoms with Crippen molar-refractivity contribution in [2.45, 2.75) is 27.2 Å². The summed E-state index contributed by atoms with van der Waals surface area (Å²) in [6.07, 6.45) is 0.393. The highest BCUT2D eigenvalue weighted by Crippen LogP contribution is 2.41. The van der Waals surface area contributed by atoms with Crippen LogP contribution in [0.4, 0.5) is 5.00 Å². The Bertz CT molecular complexity index is 768. The number of aryl methyl sites for hydroxylation is 1. The van der Waals surface area contributed by atoms with Crippen LogP contribution in [0.5, 0.6) is 0 Å². The number of anilines is 1. The van der Waals surface area contributed by atoms with E-state index in [0.29, 0.717) is 22.0 Å². The number of benzene rings is 1. The summed E-state index contributed by atoms with van der Waals surface area (Å²) in [5.74, 6) is -0.358. The summed E-state index contributed by atoms with van der Waals surface area (Å²) in [7, 11) is 1.33. The molecule has 2 aromatic rings. The first-order chi connectivity index (χ1) is 11.3. The molecule has 4 nitrogen and oxygen atoms in total. The maximum Gasteiger partial charge on any atom is 0.341 e. The van der Waals surface area contributed by atoms with Gasteiger partial charge in [0.05, 0.1) is 7.11 Å². The number of amides is 1. The summed E-state index contributed by atoms with van der Waals surface area (Å²) in [5, 5.41) is 3.95. The largest absolute Gasteiger partial charge is 0.465 e. The third-order valence-corrected chi connectivity index (χ3v) is 4.69. The Balaban J connectivity index is 2.52. The van der Waals surface area contributed by atoms with Gasteiger partial charge in [-0.25, -0.2) is 4.79 Å². The first-order valence-corrected chi connectivity index (χ1v) is 8.80. The Morgan fingerprint density at radius 3 is 2.62 bits per heavy atom. The van der Waals surface area contributed by atoms with Gasteiger partial charge >= 0.3 is 5.97 Å². The normalized spacial score (nSPS) is 10.8. The summed E-state index contributed by atoms with van der Waals surface area (Å²) < 4.78 is 4.93. The lowest BCUT2D eigenvalue weighted by molar-refractivity contribution is -0.116. The highest BCUT2D eigenvalue weighted by molar-refractivity contribution is 7.17. The second kappa shape index (κ2) is 7.81. The zero-order valence-corrected chi connectivity index (χ0v) is 15.7. The van der Waals surface area contributed by atoms with E-state index in [1.165, 1.54) is 18.4 Å². The van der Waals surface area contributed by atoms with Gasteiger partial charge in [0.25, 0.3) is 0 Å². The van der Waals surface area contributed by atoms with Crippen molar-refractivity contribution in [1.82, 2.24) is 0 Å². The first-order valence-electron chi connectivity index (χ1n) is 7.61. The Kier molecular flexibility index (Phi) is 6.02. The predicted octanol–water partition coefficient (Wildman–Crippen LogP) is 5.15. The van der Waals surface area contributed by atoms with Crippen molar-refractivity contribution in [3.8, 4) is 11.1 Å². The Hall–Kier alpha value is -1.85. The maximum absolute atomic E-state index is 12.3. The molecule has 0 fully saturated rings. The van der Waals surface area contributed by atoms with Crippen LogP contribution in [-0.2, 0) is 9.53 Å². The lowest BCUT2D eigenvalue weighted by Gasteiger charge is -2.09. The van der Waals surface area contributed by atoms with Gasteiger partial charge in [-0.15, -0.1) is 11.3 Å². The molecular weight excluding hydrogens is 346 g/mol. The fourth-order valence-corrected chi connectivity index (χ4v) is 3.74. The smallest absolute Gasteiger partial charge is 0.341 e. The van der Waals surface area contributed by atoms with E-state index in [0.717, 1.165) is 16.0 Å². The van der Waals surface area contributed by atoms with E-state index in [9.17, 15) is 9.59 Å². The number of thiophene rings is 1. The minimum Gasteiger partial charge on any atom is -0.465 e. The molecule has 0 radical (unpaired) electrons. The molecule has 1 aromatic carbocycles. The van der Waals surface area contributed by atoms with E-state index in [1.54, 1.807) is 12.1 Å². The number of nitrogens with one attached hydrogen (secondary N) is 1. The fourth-order valence-electron chi connectivity index (χ4n) is 2.47. The van der Waals surface area contributed by atoms with Gasteiger partial charge in [0.2, 0.25) is 5.91 Å². The van der Waals surface area contributed by atoms with Crippen LogP contribution in [0.1, 0.15) is 35.5 Å². The molecule has 1 amide bonds. The summed E-state index contributed by atoms with van der Waals surface area (Å²) in [6, 6.07) is 7.28. The SMILES string of the molecule is COC(=O)c1c(NC(=O)CC(C)C)sc(C)c1-c1cccc(Cl)c1. The average molecular weight is 366 g/mol. The second-order valence-electron chi connectivity index (χ2n) is 5.89. The lowest BCUT2D eigenvalue weighted by atomic mass is 10.0. The third-order valence-electron chi connectivity index (χ3n) is 3.43. The minimum atomic E-state index is -0.478. The predicted molar refractivity (Wildman–Crippen MR) is 98.9 cm³/mol. The molecule has 0 bridgehead atoms. The van der Waals surface area contributed by atoms with Gasteiger partial charge in [-0.2, -0.15) is 0 Å². The topological polar surface area (TPSA) is 55.4 Å². The van der Waals surface area contributed by atoms with Gasteiger partial charge < -0.3 is 10.1 Å². The van der Waals surface area contributed by atoms with Gasteiger partial charge in [0.15, 0.2) is 0 Å². The number of halogens is 1. The fraction of sp³-hybridized carbons (Fsp3) is 0.333. The van der Waals surface area contributed by atoms with Gasteiger partial charge in [0.1, 0.15) is 10.6 Å². The molecule has 1 aromatic heterocycles. The first kappa shape index (κ1) is 18.5. The van der Waals surface area contributed by atoms with Crippen LogP contribution in [0.3, 0.4) is 0 Å². The van der Waals surface area contributed by atoms with Crippen LogP contribution >= 0.6 is 22.9 Å². The summed E-state index contributed by atoms with van der Waals surface area (Å²) in [4.78, 5) is 25.4. The monoisotopic (exact) mass is 365 g/mol. The highest BCUT2D eigenvalue weighted by atomic mass is 35.5. The number of carbonyl (C=O) groups is 2. The number of ether oxygens (including phenoxy) is 1. The zero-order valence-electron chi connectivity index (χ0n) is 14.1.